The third-order valence-corrected chi connectivity index (χ3v) is 7.75. The minimum atomic E-state index is -2.97. The first-order valence-electron chi connectivity index (χ1n) is 11.9. The molecule has 0 fully saturated rings. The first-order chi connectivity index (χ1) is 18.2. The van der Waals surface area contributed by atoms with Crippen LogP contribution in [0.5, 0.6) is 11.5 Å². The number of nitrogens with zero attached hydrogens (tertiary/aromatic N) is 1. The number of aliphatic hydroxyl groups excluding tert-OH is 1. The number of carbonyl (C=O) groups is 1. The minimum Gasteiger partial charge on any atom is -0.454 e. The van der Waals surface area contributed by atoms with E-state index in [1.165, 1.54) is 19.2 Å². The first-order valence-corrected chi connectivity index (χ1v) is 13.2. The number of hydrogen-bond donors (Lipinski definition) is 1. The van der Waals surface area contributed by atoms with Gasteiger partial charge in [0.15, 0.2) is 11.5 Å². The molecule has 8 nitrogen and oxygen atoms in total. The monoisotopic (exact) mass is 539 g/mol. The van der Waals surface area contributed by atoms with Crippen molar-refractivity contribution in [1.29, 1.82) is 0 Å². The summed E-state index contributed by atoms with van der Waals surface area (Å²) in [6.45, 7) is 3.88. The van der Waals surface area contributed by atoms with Crippen LogP contribution >= 0.6 is 8.03 Å². The van der Waals surface area contributed by atoms with E-state index in [9.17, 15) is 18.9 Å². The molecule has 198 valence electrons. The van der Waals surface area contributed by atoms with Crippen LogP contribution in [0.1, 0.15) is 43.1 Å². The van der Waals surface area contributed by atoms with E-state index in [0.717, 1.165) is 0 Å². The Morgan fingerprint density at radius 2 is 1.95 bits per heavy atom. The van der Waals surface area contributed by atoms with Crippen molar-refractivity contribution in [1.82, 2.24) is 4.98 Å². The summed E-state index contributed by atoms with van der Waals surface area (Å²) >= 11 is 0. The van der Waals surface area contributed by atoms with Crippen LogP contribution in [-0.2, 0) is 18.6 Å². The number of halogens is 1. The highest BCUT2D eigenvalue weighted by Crippen LogP contribution is 2.51. The van der Waals surface area contributed by atoms with E-state index in [1.807, 2.05) is 26.0 Å². The number of para-hydroxylation sites is 1. The predicted octanol–water partition coefficient (Wildman–Crippen LogP) is 5.45. The van der Waals surface area contributed by atoms with Crippen LogP contribution in [0.15, 0.2) is 48.5 Å². The van der Waals surface area contributed by atoms with Crippen molar-refractivity contribution in [2.24, 2.45) is 0 Å². The number of terminal acetylenes is 1. The minimum absolute atomic E-state index is 0.0735. The molecule has 0 bridgehead atoms. The molecule has 10 heteroatoms. The average molecular weight is 539 g/mol. The average Bonchev–Trinajstić information content (AvgIpc) is 3.38. The van der Waals surface area contributed by atoms with Gasteiger partial charge in [0.25, 0.3) is 0 Å². The standard InChI is InChI=1S/C28H27FNO7P/c1-5-35-24(32)14-22(31)28(38(33)34-4)25-20(17-9-11-18(29)12-10-17)13-21(30-26(25)16(2)3)19-7-6-8-23-27(19)37-15-36-23/h1,6-13,16,22,28,31,38H,14-15H2,2-4H3. The highest BCUT2D eigenvalue weighted by atomic mass is 31.1. The lowest BCUT2D eigenvalue weighted by Gasteiger charge is -2.28. The molecule has 2 aromatic carbocycles. The number of pyridine rings is 1. The topological polar surface area (TPSA) is 104 Å². The van der Waals surface area contributed by atoms with Crippen LogP contribution in [0.2, 0.25) is 0 Å². The summed E-state index contributed by atoms with van der Waals surface area (Å²) in [6, 6.07) is 13.0. The van der Waals surface area contributed by atoms with E-state index in [2.05, 4.69) is 4.74 Å². The number of carbonyl (C=O) groups excluding carboxylic acids is 1. The van der Waals surface area contributed by atoms with Gasteiger partial charge >= 0.3 is 5.97 Å². The summed E-state index contributed by atoms with van der Waals surface area (Å²) in [4.78, 5) is 17.0. The van der Waals surface area contributed by atoms with Crippen LogP contribution < -0.4 is 9.47 Å². The fraction of sp³-hybridized carbons (Fsp3) is 0.286. The zero-order chi connectivity index (χ0) is 27.4. The molecule has 1 N–H and O–H groups in total. The van der Waals surface area contributed by atoms with Gasteiger partial charge in [0.05, 0.1) is 23.9 Å². The summed E-state index contributed by atoms with van der Waals surface area (Å²) in [6.07, 6.45) is 4.84. The van der Waals surface area contributed by atoms with Gasteiger partial charge in [-0.15, -0.1) is 0 Å². The van der Waals surface area contributed by atoms with E-state index in [-0.39, 0.29) is 12.7 Å². The molecular formula is C28H27FNO7P. The smallest absolute Gasteiger partial charge is 0.322 e. The number of esters is 1. The lowest BCUT2D eigenvalue weighted by Crippen LogP contribution is -2.23. The van der Waals surface area contributed by atoms with Crippen LogP contribution in [0.3, 0.4) is 0 Å². The Labute approximate surface area is 220 Å². The molecule has 0 aliphatic carbocycles. The summed E-state index contributed by atoms with van der Waals surface area (Å²) in [5.74, 6) is -0.387. The summed E-state index contributed by atoms with van der Waals surface area (Å²) in [7, 11) is -1.71. The maximum absolute atomic E-state index is 13.9. The molecule has 0 radical (unpaired) electrons. The molecule has 0 amide bonds. The van der Waals surface area contributed by atoms with Crippen molar-refractivity contribution in [3.05, 3.63) is 65.6 Å². The fourth-order valence-corrected chi connectivity index (χ4v) is 5.70. The van der Waals surface area contributed by atoms with Crippen LogP contribution in [0, 0.1) is 18.3 Å². The largest absolute Gasteiger partial charge is 0.454 e. The molecule has 3 aromatic rings. The van der Waals surface area contributed by atoms with Gasteiger partial charge < -0.3 is 23.8 Å². The number of aromatic nitrogens is 1. The number of benzene rings is 2. The number of hydrogen-bond acceptors (Lipinski definition) is 8. The summed E-state index contributed by atoms with van der Waals surface area (Å²) in [5.41, 5.74) is 2.14. The number of aliphatic hydroxyl groups is 1. The third kappa shape index (κ3) is 5.58. The van der Waals surface area contributed by atoms with Crippen molar-refractivity contribution in [2.45, 2.75) is 37.9 Å². The maximum Gasteiger partial charge on any atom is 0.322 e. The molecule has 3 unspecified atom stereocenters. The molecule has 1 aliphatic rings. The molecule has 1 aromatic heterocycles. The van der Waals surface area contributed by atoms with E-state index in [4.69, 9.17) is 25.4 Å². The van der Waals surface area contributed by atoms with E-state index >= 15 is 0 Å². The van der Waals surface area contributed by atoms with Gasteiger partial charge in [-0.2, -0.15) is 0 Å². The molecule has 2 heterocycles. The first kappa shape index (κ1) is 27.3. The molecule has 0 spiro atoms. The molecule has 3 atom stereocenters. The van der Waals surface area contributed by atoms with E-state index in [0.29, 0.717) is 45.1 Å². The van der Waals surface area contributed by atoms with Gasteiger partial charge in [0, 0.05) is 18.4 Å². The van der Waals surface area contributed by atoms with Gasteiger partial charge in [-0.05, 0) is 52.9 Å². The zero-order valence-electron chi connectivity index (χ0n) is 21.1. The quantitative estimate of drug-likeness (QED) is 0.217. The SMILES string of the molecule is C#COC(=O)CC(O)C(c1c(-c2ccc(F)cc2)cc(-c2cccc3c2OCO3)nc1C(C)C)[PH](=O)OC. The lowest BCUT2D eigenvalue weighted by atomic mass is 9.88. The Morgan fingerprint density at radius 1 is 1.21 bits per heavy atom. The Morgan fingerprint density at radius 3 is 2.61 bits per heavy atom. The Kier molecular flexibility index (Phi) is 8.48. The van der Waals surface area contributed by atoms with Gasteiger partial charge in [-0.3, -0.25) is 14.3 Å². The molecular weight excluding hydrogens is 512 g/mol. The van der Waals surface area contributed by atoms with Crippen LogP contribution in [-0.4, -0.2) is 36.1 Å². The lowest BCUT2D eigenvalue weighted by molar-refractivity contribution is -0.139. The zero-order valence-corrected chi connectivity index (χ0v) is 22.1. The number of ether oxygens (including phenoxy) is 3. The molecule has 0 saturated carbocycles. The third-order valence-electron chi connectivity index (χ3n) is 6.16. The van der Waals surface area contributed by atoms with Gasteiger partial charge in [-0.1, -0.05) is 38.5 Å². The van der Waals surface area contributed by atoms with Gasteiger partial charge in [-0.25, -0.2) is 4.39 Å². The highest BCUT2D eigenvalue weighted by Gasteiger charge is 2.35. The molecule has 38 heavy (non-hydrogen) atoms. The molecule has 0 saturated heterocycles. The van der Waals surface area contributed by atoms with E-state index in [1.54, 1.807) is 30.4 Å². The van der Waals surface area contributed by atoms with Gasteiger partial charge in [0.1, 0.15) is 11.9 Å². The normalized spacial score (nSPS) is 14.6. The maximum atomic E-state index is 13.9. The van der Waals surface area contributed by atoms with Crippen LogP contribution in [0.4, 0.5) is 4.39 Å². The highest BCUT2D eigenvalue weighted by molar-refractivity contribution is 7.39. The van der Waals surface area contributed by atoms with Crippen molar-refractivity contribution < 1.29 is 37.6 Å². The van der Waals surface area contributed by atoms with Crippen molar-refractivity contribution in [3.8, 4) is 46.4 Å². The Balaban J connectivity index is 2.00. The fourth-order valence-electron chi connectivity index (χ4n) is 4.47. The van der Waals surface area contributed by atoms with Crippen molar-refractivity contribution >= 4 is 14.0 Å². The molecule has 4 rings (SSSR count). The second kappa shape index (κ2) is 11.8. The van der Waals surface area contributed by atoms with Gasteiger partial charge in [0.2, 0.25) is 14.8 Å². The predicted molar refractivity (Wildman–Crippen MR) is 140 cm³/mol. The van der Waals surface area contributed by atoms with Crippen molar-refractivity contribution in [2.75, 3.05) is 13.9 Å². The van der Waals surface area contributed by atoms with E-state index < -0.39 is 38.0 Å². The Hall–Kier alpha value is -3.70. The second-order valence-corrected chi connectivity index (χ2v) is 10.6. The summed E-state index contributed by atoms with van der Waals surface area (Å²) in [5, 5.41) is 11.1. The van der Waals surface area contributed by atoms with Crippen LogP contribution in [0.25, 0.3) is 22.4 Å². The molecule has 1 aliphatic heterocycles. The second-order valence-electron chi connectivity index (χ2n) is 8.92. The number of fused-ring (bicyclic) bond motifs is 1. The Bertz CT molecular complexity index is 1400. The summed E-state index contributed by atoms with van der Waals surface area (Å²) < 4.78 is 48.2. The van der Waals surface area contributed by atoms with Crippen molar-refractivity contribution in [3.63, 3.8) is 0 Å². The number of rotatable bonds is 9.